The van der Waals surface area contributed by atoms with Crippen molar-refractivity contribution in [1.82, 2.24) is 5.32 Å². The summed E-state index contributed by atoms with van der Waals surface area (Å²) in [5.41, 5.74) is 0. The molecule has 0 aromatic carbocycles. The van der Waals surface area contributed by atoms with Gasteiger partial charge in [-0.1, -0.05) is 41.6 Å². The van der Waals surface area contributed by atoms with E-state index in [0.717, 1.165) is 12.8 Å². The Morgan fingerprint density at radius 2 is 1.81 bits per heavy atom. The SMILES string of the molecule is O=C(CC1CCCCC1)NC1CCCC1Br. The fourth-order valence-electron chi connectivity index (χ4n) is 3.00. The Morgan fingerprint density at radius 1 is 1.06 bits per heavy atom. The van der Waals surface area contributed by atoms with E-state index >= 15 is 0 Å². The van der Waals surface area contributed by atoms with Crippen molar-refractivity contribution >= 4 is 21.8 Å². The van der Waals surface area contributed by atoms with Crippen LogP contribution in [0.25, 0.3) is 0 Å². The molecule has 2 aliphatic carbocycles. The molecule has 3 heteroatoms. The van der Waals surface area contributed by atoms with Gasteiger partial charge in [0.2, 0.25) is 5.91 Å². The molecule has 2 atom stereocenters. The number of alkyl halides is 1. The van der Waals surface area contributed by atoms with Gasteiger partial charge in [-0.05, 0) is 31.6 Å². The highest BCUT2D eigenvalue weighted by atomic mass is 79.9. The Labute approximate surface area is 107 Å². The van der Waals surface area contributed by atoms with E-state index < -0.39 is 0 Å². The summed E-state index contributed by atoms with van der Waals surface area (Å²) in [7, 11) is 0. The van der Waals surface area contributed by atoms with E-state index in [1.807, 2.05) is 0 Å². The van der Waals surface area contributed by atoms with Gasteiger partial charge in [0, 0.05) is 17.3 Å². The summed E-state index contributed by atoms with van der Waals surface area (Å²) in [5, 5.41) is 3.19. The number of rotatable bonds is 3. The van der Waals surface area contributed by atoms with Gasteiger partial charge in [-0.3, -0.25) is 4.79 Å². The minimum atomic E-state index is 0.281. The number of hydrogen-bond donors (Lipinski definition) is 1. The van der Waals surface area contributed by atoms with E-state index in [9.17, 15) is 4.79 Å². The zero-order valence-electron chi connectivity index (χ0n) is 9.88. The molecule has 2 rings (SSSR count). The maximum atomic E-state index is 11.9. The molecule has 92 valence electrons. The number of amides is 1. The molecule has 2 unspecified atom stereocenters. The Bertz CT molecular complexity index is 238. The van der Waals surface area contributed by atoms with E-state index in [-0.39, 0.29) is 5.91 Å². The fraction of sp³-hybridized carbons (Fsp3) is 0.923. The van der Waals surface area contributed by atoms with Crippen LogP contribution in [0.15, 0.2) is 0 Å². The molecular formula is C13H22BrNO. The van der Waals surface area contributed by atoms with Gasteiger partial charge in [0.25, 0.3) is 0 Å². The highest BCUT2D eigenvalue weighted by Crippen LogP contribution is 2.28. The first-order valence-corrected chi connectivity index (χ1v) is 7.60. The molecule has 0 spiro atoms. The third kappa shape index (κ3) is 3.47. The van der Waals surface area contributed by atoms with Gasteiger partial charge >= 0.3 is 0 Å². The van der Waals surface area contributed by atoms with Gasteiger partial charge in [-0.2, -0.15) is 0 Å². The maximum absolute atomic E-state index is 11.9. The van der Waals surface area contributed by atoms with E-state index in [1.165, 1.54) is 44.9 Å². The first-order valence-electron chi connectivity index (χ1n) is 6.69. The predicted molar refractivity (Wildman–Crippen MR) is 69.7 cm³/mol. The molecule has 2 aliphatic rings. The molecule has 2 nitrogen and oxygen atoms in total. The van der Waals surface area contributed by atoms with Crippen molar-refractivity contribution in [1.29, 1.82) is 0 Å². The van der Waals surface area contributed by atoms with Crippen LogP contribution in [0.1, 0.15) is 57.8 Å². The quantitative estimate of drug-likeness (QED) is 0.792. The van der Waals surface area contributed by atoms with Crippen LogP contribution in [-0.2, 0) is 4.79 Å². The van der Waals surface area contributed by atoms with Crippen molar-refractivity contribution in [3.8, 4) is 0 Å². The standard InChI is InChI=1S/C13H22BrNO/c14-11-7-4-8-12(11)15-13(16)9-10-5-2-1-3-6-10/h10-12H,1-9H2,(H,15,16). The van der Waals surface area contributed by atoms with E-state index in [2.05, 4.69) is 21.2 Å². The van der Waals surface area contributed by atoms with Crippen LogP contribution in [0.2, 0.25) is 0 Å². The maximum Gasteiger partial charge on any atom is 0.220 e. The second-order valence-electron chi connectivity index (χ2n) is 5.33. The van der Waals surface area contributed by atoms with E-state index in [0.29, 0.717) is 16.8 Å². The Balaban J connectivity index is 1.70. The molecule has 0 heterocycles. The van der Waals surface area contributed by atoms with Gasteiger partial charge in [0.15, 0.2) is 0 Å². The lowest BCUT2D eigenvalue weighted by Crippen LogP contribution is -2.38. The number of carbonyl (C=O) groups is 1. The minimum absolute atomic E-state index is 0.281. The Hall–Kier alpha value is -0.0500. The molecule has 0 aromatic heterocycles. The molecule has 16 heavy (non-hydrogen) atoms. The molecule has 0 aliphatic heterocycles. The van der Waals surface area contributed by atoms with Gasteiger partial charge in [-0.25, -0.2) is 0 Å². The van der Waals surface area contributed by atoms with Crippen molar-refractivity contribution in [3.05, 3.63) is 0 Å². The topological polar surface area (TPSA) is 29.1 Å². The Kier molecular flexibility index (Phi) is 4.68. The molecule has 0 bridgehead atoms. The average Bonchev–Trinajstić information content (AvgIpc) is 2.66. The van der Waals surface area contributed by atoms with Crippen LogP contribution in [0.3, 0.4) is 0 Å². The third-order valence-corrected chi connectivity index (χ3v) is 5.07. The summed E-state index contributed by atoms with van der Waals surface area (Å²) in [5.74, 6) is 0.937. The monoisotopic (exact) mass is 287 g/mol. The first-order chi connectivity index (χ1) is 7.75. The molecule has 1 N–H and O–H groups in total. The Morgan fingerprint density at radius 3 is 2.44 bits per heavy atom. The zero-order valence-corrected chi connectivity index (χ0v) is 11.5. The van der Waals surface area contributed by atoms with Gasteiger partial charge in [0.05, 0.1) is 0 Å². The van der Waals surface area contributed by atoms with Crippen LogP contribution in [-0.4, -0.2) is 16.8 Å². The summed E-state index contributed by atoms with van der Waals surface area (Å²) in [6.45, 7) is 0. The largest absolute Gasteiger partial charge is 0.352 e. The van der Waals surface area contributed by atoms with Crippen LogP contribution in [0.5, 0.6) is 0 Å². The smallest absolute Gasteiger partial charge is 0.220 e. The zero-order chi connectivity index (χ0) is 11.4. The van der Waals surface area contributed by atoms with E-state index in [4.69, 9.17) is 0 Å². The lowest BCUT2D eigenvalue weighted by Gasteiger charge is -2.22. The summed E-state index contributed by atoms with van der Waals surface area (Å²) >= 11 is 3.64. The normalized spacial score (nSPS) is 31.6. The van der Waals surface area contributed by atoms with Crippen molar-refractivity contribution in [3.63, 3.8) is 0 Å². The molecule has 2 saturated carbocycles. The van der Waals surface area contributed by atoms with Gasteiger partial charge < -0.3 is 5.32 Å². The van der Waals surface area contributed by atoms with E-state index in [1.54, 1.807) is 0 Å². The van der Waals surface area contributed by atoms with Crippen LogP contribution in [0.4, 0.5) is 0 Å². The van der Waals surface area contributed by atoms with Gasteiger partial charge in [-0.15, -0.1) is 0 Å². The van der Waals surface area contributed by atoms with Crippen molar-refractivity contribution in [2.75, 3.05) is 0 Å². The fourth-order valence-corrected chi connectivity index (χ4v) is 3.72. The minimum Gasteiger partial charge on any atom is -0.352 e. The van der Waals surface area contributed by atoms with Crippen molar-refractivity contribution < 1.29 is 4.79 Å². The summed E-state index contributed by atoms with van der Waals surface area (Å²) < 4.78 is 0. The average molecular weight is 288 g/mol. The molecule has 0 saturated heterocycles. The lowest BCUT2D eigenvalue weighted by molar-refractivity contribution is -0.122. The van der Waals surface area contributed by atoms with Gasteiger partial charge in [0.1, 0.15) is 0 Å². The first kappa shape index (κ1) is 12.4. The summed E-state index contributed by atoms with van der Waals surface area (Å²) in [6.07, 6.45) is 10.9. The molecular weight excluding hydrogens is 266 g/mol. The molecule has 0 aromatic rings. The second kappa shape index (κ2) is 6.04. The number of halogens is 1. The van der Waals surface area contributed by atoms with Crippen molar-refractivity contribution in [2.45, 2.75) is 68.7 Å². The predicted octanol–water partition coefficient (Wildman–Crippen LogP) is 3.39. The third-order valence-electron chi connectivity index (χ3n) is 3.98. The van der Waals surface area contributed by atoms with Crippen molar-refractivity contribution in [2.24, 2.45) is 5.92 Å². The highest BCUT2D eigenvalue weighted by Gasteiger charge is 2.27. The molecule has 0 radical (unpaired) electrons. The van der Waals surface area contributed by atoms with Crippen LogP contribution >= 0.6 is 15.9 Å². The molecule has 1 amide bonds. The number of nitrogens with one attached hydrogen (secondary N) is 1. The highest BCUT2D eigenvalue weighted by molar-refractivity contribution is 9.09. The second-order valence-corrected chi connectivity index (χ2v) is 6.51. The van der Waals surface area contributed by atoms with Crippen LogP contribution < -0.4 is 5.32 Å². The summed E-state index contributed by atoms with van der Waals surface area (Å²) in [6, 6.07) is 0.385. The lowest BCUT2D eigenvalue weighted by atomic mass is 9.87. The van der Waals surface area contributed by atoms with Crippen LogP contribution in [0, 0.1) is 5.92 Å². The summed E-state index contributed by atoms with van der Waals surface area (Å²) in [4.78, 5) is 12.4. The number of carbonyl (C=O) groups excluding carboxylic acids is 1. The molecule has 2 fully saturated rings. The number of hydrogen-bond acceptors (Lipinski definition) is 1.